The molecule has 0 aliphatic rings. The molecule has 0 aliphatic heterocycles. The molecule has 2 aromatic rings. The first kappa shape index (κ1) is 20.5. The zero-order valence-corrected chi connectivity index (χ0v) is 14.9. The number of nitrogens with zero attached hydrogens (tertiary/aromatic N) is 2. The number of ether oxygens (including phenoxy) is 1. The van der Waals surface area contributed by atoms with E-state index >= 15 is 0 Å². The highest BCUT2D eigenvalue weighted by Crippen LogP contribution is 2.32. The van der Waals surface area contributed by atoms with Crippen molar-refractivity contribution in [2.24, 2.45) is 4.99 Å². The van der Waals surface area contributed by atoms with Crippen molar-refractivity contribution >= 4 is 5.96 Å². The number of pyridine rings is 1. The average molecular weight is 384 g/mol. The SMILES string of the molecule is CCNC(=NCc1cccnc1OC)NCc1ccc(F)cc1C(F)(F)F. The lowest BCUT2D eigenvalue weighted by atomic mass is 10.1. The molecule has 0 amide bonds. The molecule has 0 spiro atoms. The highest BCUT2D eigenvalue weighted by molar-refractivity contribution is 5.79. The number of aliphatic imine (C=N–C) groups is 1. The fourth-order valence-corrected chi connectivity index (χ4v) is 2.38. The van der Waals surface area contributed by atoms with Gasteiger partial charge in [0, 0.05) is 24.8 Å². The van der Waals surface area contributed by atoms with Crippen LogP contribution in [0.5, 0.6) is 5.88 Å². The van der Waals surface area contributed by atoms with Crippen LogP contribution < -0.4 is 15.4 Å². The lowest BCUT2D eigenvalue weighted by molar-refractivity contribution is -0.138. The molecule has 27 heavy (non-hydrogen) atoms. The summed E-state index contributed by atoms with van der Waals surface area (Å²) in [6, 6.07) is 6.12. The van der Waals surface area contributed by atoms with Gasteiger partial charge >= 0.3 is 6.18 Å². The Morgan fingerprint density at radius 2 is 1.96 bits per heavy atom. The third-order valence-electron chi connectivity index (χ3n) is 3.62. The molecule has 1 aromatic carbocycles. The van der Waals surface area contributed by atoms with Gasteiger partial charge in [-0.2, -0.15) is 13.2 Å². The number of halogens is 4. The molecule has 0 radical (unpaired) electrons. The van der Waals surface area contributed by atoms with Crippen molar-refractivity contribution in [3.8, 4) is 5.88 Å². The van der Waals surface area contributed by atoms with Gasteiger partial charge in [0.1, 0.15) is 5.82 Å². The van der Waals surface area contributed by atoms with Crippen molar-refractivity contribution in [1.82, 2.24) is 15.6 Å². The van der Waals surface area contributed by atoms with Crippen molar-refractivity contribution < 1.29 is 22.3 Å². The van der Waals surface area contributed by atoms with Crippen LogP contribution in [0.2, 0.25) is 0 Å². The molecule has 0 bridgehead atoms. The molecule has 1 heterocycles. The number of methoxy groups -OCH3 is 1. The molecule has 0 saturated carbocycles. The molecule has 1 aromatic heterocycles. The van der Waals surface area contributed by atoms with Crippen molar-refractivity contribution in [3.63, 3.8) is 0 Å². The fourth-order valence-electron chi connectivity index (χ4n) is 2.38. The monoisotopic (exact) mass is 384 g/mol. The van der Waals surface area contributed by atoms with E-state index in [1.807, 2.05) is 6.92 Å². The van der Waals surface area contributed by atoms with Crippen LogP contribution in [0.4, 0.5) is 17.6 Å². The Morgan fingerprint density at radius 3 is 2.63 bits per heavy atom. The minimum Gasteiger partial charge on any atom is -0.481 e. The standard InChI is InChI=1S/C18H20F4N4O/c1-3-23-17(26-11-13-5-4-8-24-16(13)27-2)25-10-12-6-7-14(19)9-15(12)18(20,21)22/h4-9H,3,10-11H2,1-2H3,(H2,23,25,26). The van der Waals surface area contributed by atoms with E-state index in [-0.39, 0.29) is 18.7 Å². The van der Waals surface area contributed by atoms with E-state index < -0.39 is 17.6 Å². The second-order valence-electron chi connectivity index (χ2n) is 5.52. The smallest absolute Gasteiger partial charge is 0.416 e. The number of benzene rings is 1. The van der Waals surface area contributed by atoms with E-state index in [4.69, 9.17) is 4.74 Å². The summed E-state index contributed by atoms with van der Waals surface area (Å²) in [4.78, 5) is 8.40. The van der Waals surface area contributed by atoms with Crippen molar-refractivity contribution in [2.75, 3.05) is 13.7 Å². The van der Waals surface area contributed by atoms with Crippen molar-refractivity contribution in [1.29, 1.82) is 0 Å². The summed E-state index contributed by atoms with van der Waals surface area (Å²) < 4.78 is 57.6. The lowest BCUT2D eigenvalue weighted by Crippen LogP contribution is -2.37. The molecule has 5 nitrogen and oxygen atoms in total. The van der Waals surface area contributed by atoms with Crippen LogP contribution in [0, 0.1) is 5.82 Å². The Bertz CT molecular complexity index is 793. The molecule has 0 aliphatic carbocycles. The van der Waals surface area contributed by atoms with Crippen LogP contribution in [0.25, 0.3) is 0 Å². The van der Waals surface area contributed by atoms with Gasteiger partial charge in [-0.3, -0.25) is 0 Å². The largest absolute Gasteiger partial charge is 0.481 e. The fraction of sp³-hybridized carbons (Fsp3) is 0.333. The van der Waals surface area contributed by atoms with Crippen LogP contribution in [0.1, 0.15) is 23.6 Å². The third kappa shape index (κ3) is 5.83. The highest BCUT2D eigenvalue weighted by atomic mass is 19.4. The predicted octanol–water partition coefficient (Wildman–Crippen LogP) is 3.50. The zero-order chi connectivity index (χ0) is 19.9. The van der Waals surface area contributed by atoms with Crippen LogP contribution in [-0.2, 0) is 19.3 Å². The average Bonchev–Trinajstić information content (AvgIpc) is 2.64. The van der Waals surface area contributed by atoms with E-state index in [9.17, 15) is 17.6 Å². The first-order chi connectivity index (χ1) is 12.8. The summed E-state index contributed by atoms with van der Waals surface area (Å²) in [6.07, 6.45) is -3.06. The van der Waals surface area contributed by atoms with Crippen molar-refractivity contribution in [3.05, 3.63) is 59.0 Å². The highest BCUT2D eigenvalue weighted by Gasteiger charge is 2.33. The maximum absolute atomic E-state index is 13.2. The number of hydrogen-bond acceptors (Lipinski definition) is 3. The predicted molar refractivity (Wildman–Crippen MR) is 93.8 cm³/mol. The summed E-state index contributed by atoms with van der Waals surface area (Å²) in [5.41, 5.74) is -0.358. The number of rotatable bonds is 6. The van der Waals surface area contributed by atoms with Gasteiger partial charge < -0.3 is 15.4 Å². The third-order valence-corrected chi connectivity index (χ3v) is 3.62. The second kappa shape index (κ2) is 9.20. The number of alkyl halides is 3. The lowest BCUT2D eigenvalue weighted by Gasteiger charge is -2.16. The number of guanidine groups is 1. The molecule has 0 saturated heterocycles. The van der Waals surface area contributed by atoms with E-state index in [0.717, 1.165) is 17.7 Å². The van der Waals surface area contributed by atoms with Crippen LogP contribution in [0.15, 0.2) is 41.5 Å². The normalized spacial score (nSPS) is 12.0. The molecule has 0 unspecified atom stereocenters. The van der Waals surface area contributed by atoms with Crippen molar-refractivity contribution in [2.45, 2.75) is 26.2 Å². The van der Waals surface area contributed by atoms with Gasteiger partial charge in [0.25, 0.3) is 0 Å². The van der Waals surface area contributed by atoms with Gasteiger partial charge in [0.2, 0.25) is 5.88 Å². The molecule has 2 rings (SSSR count). The van der Waals surface area contributed by atoms with E-state index in [2.05, 4.69) is 20.6 Å². The summed E-state index contributed by atoms with van der Waals surface area (Å²) in [5.74, 6) is -0.189. The van der Waals surface area contributed by atoms with Gasteiger partial charge in [0.15, 0.2) is 5.96 Å². The van der Waals surface area contributed by atoms with Crippen LogP contribution in [0.3, 0.4) is 0 Å². The number of aromatic nitrogens is 1. The molecule has 146 valence electrons. The van der Waals surface area contributed by atoms with Gasteiger partial charge in [-0.1, -0.05) is 12.1 Å². The Morgan fingerprint density at radius 1 is 1.19 bits per heavy atom. The Hall–Kier alpha value is -2.84. The molecule has 0 atom stereocenters. The van der Waals surface area contributed by atoms with E-state index in [1.165, 1.54) is 7.11 Å². The molecule has 0 fully saturated rings. The zero-order valence-electron chi connectivity index (χ0n) is 14.9. The summed E-state index contributed by atoms with van der Waals surface area (Å²) >= 11 is 0. The number of nitrogens with one attached hydrogen (secondary N) is 2. The van der Waals surface area contributed by atoms with Gasteiger partial charge in [-0.05, 0) is 30.7 Å². The minimum atomic E-state index is -4.64. The maximum Gasteiger partial charge on any atom is 0.416 e. The molecular formula is C18H20F4N4O. The van der Waals surface area contributed by atoms with E-state index in [1.54, 1.807) is 18.3 Å². The molecule has 2 N–H and O–H groups in total. The molecular weight excluding hydrogens is 364 g/mol. The Labute approximate surface area is 154 Å². The van der Waals surface area contributed by atoms with Crippen LogP contribution >= 0.6 is 0 Å². The summed E-state index contributed by atoms with van der Waals surface area (Å²) in [6.45, 7) is 2.42. The number of hydrogen-bond donors (Lipinski definition) is 2. The quantitative estimate of drug-likeness (QED) is 0.455. The van der Waals surface area contributed by atoms with Crippen LogP contribution in [-0.4, -0.2) is 24.6 Å². The maximum atomic E-state index is 13.2. The van der Waals surface area contributed by atoms with Gasteiger partial charge in [-0.15, -0.1) is 0 Å². The first-order valence-corrected chi connectivity index (χ1v) is 8.20. The van der Waals surface area contributed by atoms with Gasteiger partial charge in [0.05, 0.1) is 19.2 Å². The Balaban J connectivity index is 2.15. The first-order valence-electron chi connectivity index (χ1n) is 8.20. The molecule has 9 heteroatoms. The minimum absolute atomic E-state index is 0.0755. The van der Waals surface area contributed by atoms with Gasteiger partial charge in [-0.25, -0.2) is 14.4 Å². The topological polar surface area (TPSA) is 58.5 Å². The Kier molecular flexibility index (Phi) is 6.98. The summed E-state index contributed by atoms with van der Waals surface area (Å²) in [5, 5.41) is 5.78. The van der Waals surface area contributed by atoms with E-state index in [0.29, 0.717) is 24.5 Å². The summed E-state index contributed by atoms with van der Waals surface area (Å²) in [7, 11) is 1.49. The second-order valence-corrected chi connectivity index (χ2v) is 5.52.